The van der Waals surface area contributed by atoms with Crippen molar-refractivity contribution < 1.29 is 4.74 Å². The van der Waals surface area contributed by atoms with Gasteiger partial charge in [0.25, 0.3) is 0 Å². The Morgan fingerprint density at radius 1 is 0.424 bits per heavy atom. The van der Waals surface area contributed by atoms with Gasteiger partial charge in [-0.2, -0.15) is 0 Å². The normalized spacial score (nSPS) is 9.82. The summed E-state index contributed by atoms with van der Waals surface area (Å²) < 4.78 is 5.69. The fourth-order valence-electron chi connectivity index (χ4n) is 2.94. The van der Waals surface area contributed by atoms with Crippen molar-refractivity contribution in [3.05, 3.63) is 129 Å². The molecule has 4 rings (SSSR count). The zero-order valence-corrected chi connectivity index (χ0v) is 21.6. The number of halogens is 1. The molecule has 0 bridgehead atoms. The van der Waals surface area contributed by atoms with E-state index in [1.807, 2.05) is 74.5 Å². The van der Waals surface area contributed by atoms with Crippen molar-refractivity contribution in [1.82, 2.24) is 0 Å². The molecule has 4 aromatic carbocycles. The molecule has 33 heavy (non-hydrogen) atoms. The van der Waals surface area contributed by atoms with E-state index in [1.165, 1.54) is 33.4 Å². The van der Waals surface area contributed by atoms with Crippen LogP contribution in [0.1, 0.15) is 38.9 Å². The van der Waals surface area contributed by atoms with Gasteiger partial charge in [0, 0.05) is 5.02 Å². The lowest BCUT2D eigenvalue weighted by Crippen LogP contribution is -1.84. The van der Waals surface area contributed by atoms with Gasteiger partial charge in [0.05, 0.1) is 0 Å². The van der Waals surface area contributed by atoms with Gasteiger partial charge in [-0.25, -0.2) is 0 Å². The average molecular weight is 459 g/mol. The predicted molar refractivity (Wildman–Crippen MR) is 144 cm³/mol. The van der Waals surface area contributed by atoms with E-state index in [1.54, 1.807) is 0 Å². The highest BCUT2D eigenvalue weighted by Crippen LogP contribution is 2.21. The van der Waals surface area contributed by atoms with E-state index in [4.69, 9.17) is 16.3 Å². The Morgan fingerprint density at radius 3 is 1.18 bits per heavy atom. The molecular formula is C31H35ClO. The molecular weight excluding hydrogens is 424 g/mol. The van der Waals surface area contributed by atoms with Crippen LogP contribution in [0.5, 0.6) is 11.5 Å². The number of hydrogen-bond acceptors (Lipinski definition) is 1. The van der Waals surface area contributed by atoms with Crippen LogP contribution in [0.3, 0.4) is 0 Å². The van der Waals surface area contributed by atoms with Crippen LogP contribution in [0.15, 0.2) is 84.9 Å². The Morgan fingerprint density at radius 2 is 0.818 bits per heavy atom. The van der Waals surface area contributed by atoms with E-state index in [0.29, 0.717) is 0 Å². The molecule has 1 nitrogen and oxygen atoms in total. The van der Waals surface area contributed by atoms with Gasteiger partial charge in [-0.3, -0.25) is 0 Å². The molecule has 0 aliphatic rings. The fourth-order valence-corrected chi connectivity index (χ4v) is 3.17. The van der Waals surface area contributed by atoms with Gasteiger partial charge in [0.2, 0.25) is 0 Å². The van der Waals surface area contributed by atoms with Crippen LogP contribution in [0.25, 0.3) is 0 Å². The minimum atomic E-state index is 0.856. The summed E-state index contributed by atoms with van der Waals surface area (Å²) in [6.45, 7) is 14.6. The summed E-state index contributed by atoms with van der Waals surface area (Å²) >= 11 is 5.81. The second-order valence-corrected chi connectivity index (χ2v) is 8.98. The number of hydrogen-bond donors (Lipinski definition) is 0. The molecule has 0 atom stereocenters. The summed E-state index contributed by atoms with van der Waals surface area (Å²) in [6.07, 6.45) is 0. The summed E-state index contributed by atoms with van der Waals surface area (Å²) in [5, 5.41) is 0.856. The third-order valence-corrected chi connectivity index (χ3v) is 5.67. The first-order valence-electron chi connectivity index (χ1n) is 11.2. The van der Waals surface area contributed by atoms with Crippen molar-refractivity contribution >= 4 is 11.6 Å². The van der Waals surface area contributed by atoms with Crippen LogP contribution in [0.4, 0.5) is 0 Å². The molecule has 0 aliphatic heterocycles. The number of rotatable bonds is 2. The summed E-state index contributed by atoms with van der Waals surface area (Å²) in [5.74, 6) is 1.76. The minimum Gasteiger partial charge on any atom is -0.457 e. The molecule has 2 heteroatoms. The highest BCUT2D eigenvalue weighted by molar-refractivity contribution is 6.31. The monoisotopic (exact) mass is 458 g/mol. The summed E-state index contributed by atoms with van der Waals surface area (Å²) in [4.78, 5) is 0. The fraction of sp³-hybridized carbons (Fsp3) is 0.226. The summed E-state index contributed by atoms with van der Waals surface area (Å²) in [5.41, 5.74) is 8.94. The van der Waals surface area contributed by atoms with Gasteiger partial charge in [0.1, 0.15) is 11.5 Å². The molecule has 0 saturated carbocycles. The second kappa shape index (κ2) is 12.9. The molecule has 4 aromatic rings. The number of ether oxygens (including phenoxy) is 1. The molecule has 0 amide bonds. The lowest BCUT2D eigenvalue weighted by atomic mass is 10.1. The third kappa shape index (κ3) is 9.55. The second-order valence-electron chi connectivity index (χ2n) is 8.57. The largest absolute Gasteiger partial charge is 0.457 e. The quantitative estimate of drug-likeness (QED) is 0.290. The smallest absolute Gasteiger partial charge is 0.127 e. The van der Waals surface area contributed by atoms with Crippen LogP contribution in [0, 0.1) is 48.5 Å². The first-order valence-corrected chi connectivity index (χ1v) is 11.6. The lowest BCUT2D eigenvalue weighted by Gasteiger charge is -2.05. The summed E-state index contributed by atoms with van der Waals surface area (Å²) in [7, 11) is 0. The van der Waals surface area contributed by atoms with E-state index in [9.17, 15) is 0 Å². The lowest BCUT2D eigenvalue weighted by molar-refractivity contribution is 0.482. The highest BCUT2D eigenvalue weighted by atomic mass is 35.5. The first kappa shape index (κ1) is 26.2. The Balaban J connectivity index is 0.000000186. The molecule has 0 aliphatic carbocycles. The standard InChI is InChI=1S/C14H14O.C9H12.C8H9Cl/c1-11-3-7-13(8-4-11)15-14-9-5-12(2)6-10-14;1-7-4-5-8(2)9(3)6-7;1-6-3-4-7(2)8(9)5-6/h3-10H,1-2H3;4-6H,1-3H3;3-5H,1-2H3. The Hall–Kier alpha value is -3.03. The van der Waals surface area contributed by atoms with E-state index in [-0.39, 0.29) is 0 Å². The Bertz CT molecular complexity index is 1050. The van der Waals surface area contributed by atoms with Crippen LogP contribution in [-0.4, -0.2) is 0 Å². The predicted octanol–water partition coefficient (Wildman–Crippen LogP) is 9.66. The van der Waals surface area contributed by atoms with E-state index < -0.39 is 0 Å². The number of aryl methyl sites for hydroxylation is 7. The maximum atomic E-state index is 5.81. The van der Waals surface area contributed by atoms with Crippen LogP contribution < -0.4 is 4.74 Å². The van der Waals surface area contributed by atoms with Crippen LogP contribution >= 0.6 is 11.6 Å². The average Bonchev–Trinajstić information content (AvgIpc) is 2.78. The molecule has 0 spiro atoms. The van der Waals surface area contributed by atoms with Gasteiger partial charge in [-0.1, -0.05) is 82.9 Å². The van der Waals surface area contributed by atoms with Crippen molar-refractivity contribution in [3.63, 3.8) is 0 Å². The first-order chi connectivity index (χ1) is 15.6. The maximum Gasteiger partial charge on any atom is 0.127 e. The van der Waals surface area contributed by atoms with Crippen molar-refractivity contribution in [2.24, 2.45) is 0 Å². The van der Waals surface area contributed by atoms with Crippen LogP contribution in [-0.2, 0) is 0 Å². The molecule has 172 valence electrons. The van der Waals surface area contributed by atoms with Crippen molar-refractivity contribution in [3.8, 4) is 11.5 Å². The molecule has 0 aromatic heterocycles. The van der Waals surface area contributed by atoms with Gasteiger partial charge >= 0.3 is 0 Å². The maximum absolute atomic E-state index is 5.81. The van der Waals surface area contributed by atoms with Gasteiger partial charge in [-0.05, 0) is 101 Å². The van der Waals surface area contributed by atoms with Gasteiger partial charge < -0.3 is 4.74 Å². The molecule has 0 unspecified atom stereocenters. The highest BCUT2D eigenvalue weighted by Gasteiger charge is 1.96. The zero-order valence-electron chi connectivity index (χ0n) is 20.9. The molecule has 0 heterocycles. The van der Waals surface area contributed by atoms with E-state index in [2.05, 4.69) is 58.9 Å². The van der Waals surface area contributed by atoms with Crippen molar-refractivity contribution in [2.45, 2.75) is 48.5 Å². The Kier molecular flexibility index (Phi) is 10.2. The zero-order chi connectivity index (χ0) is 24.4. The third-order valence-electron chi connectivity index (χ3n) is 5.27. The molecule has 0 N–H and O–H groups in total. The minimum absolute atomic E-state index is 0.856. The topological polar surface area (TPSA) is 9.23 Å². The summed E-state index contributed by atoms with van der Waals surface area (Å²) in [6, 6.07) is 28.7. The van der Waals surface area contributed by atoms with E-state index >= 15 is 0 Å². The molecule has 0 fully saturated rings. The molecule has 0 radical (unpaired) electrons. The van der Waals surface area contributed by atoms with Crippen molar-refractivity contribution in [1.29, 1.82) is 0 Å². The van der Waals surface area contributed by atoms with Gasteiger partial charge in [-0.15, -0.1) is 0 Å². The van der Waals surface area contributed by atoms with Crippen LogP contribution in [0.2, 0.25) is 5.02 Å². The van der Waals surface area contributed by atoms with E-state index in [0.717, 1.165) is 22.1 Å². The van der Waals surface area contributed by atoms with Gasteiger partial charge in [0.15, 0.2) is 0 Å². The Labute approximate surface area is 205 Å². The number of benzene rings is 4. The van der Waals surface area contributed by atoms with Crippen molar-refractivity contribution in [2.75, 3.05) is 0 Å². The SMILES string of the molecule is Cc1ccc(C)c(C)c1.Cc1ccc(C)c(Cl)c1.Cc1ccc(Oc2ccc(C)cc2)cc1. The molecule has 0 saturated heterocycles.